The van der Waals surface area contributed by atoms with Gasteiger partial charge in [-0.3, -0.25) is 14.3 Å². The van der Waals surface area contributed by atoms with Gasteiger partial charge < -0.3 is 4.90 Å². The maximum atomic E-state index is 12.0. The lowest BCUT2D eigenvalue weighted by molar-refractivity contribution is -0.127. The summed E-state index contributed by atoms with van der Waals surface area (Å²) in [6.45, 7) is 6.92. The van der Waals surface area contributed by atoms with Gasteiger partial charge >= 0.3 is 0 Å². The highest BCUT2D eigenvalue weighted by molar-refractivity contribution is 7.84. The number of benzene rings is 1. The third kappa shape index (κ3) is 3.27. The number of hydrogen-bond acceptors (Lipinski definition) is 3. The van der Waals surface area contributed by atoms with E-state index in [1.807, 2.05) is 11.8 Å². The second-order valence-electron chi connectivity index (χ2n) is 5.16. The Morgan fingerprint density at radius 1 is 1.40 bits per heavy atom. The summed E-state index contributed by atoms with van der Waals surface area (Å²) in [5.74, 6) is 1.28. The molecule has 1 heterocycles. The zero-order chi connectivity index (χ0) is 14.7. The van der Waals surface area contributed by atoms with Crippen LogP contribution >= 0.6 is 0 Å². The highest BCUT2D eigenvalue weighted by Gasteiger charge is 2.32. The van der Waals surface area contributed by atoms with E-state index in [1.165, 1.54) is 11.1 Å². The van der Waals surface area contributed by atoms with Gasteiger partial charge in [0.05, 0.1) is 6.54 Å². The molecule has 1 aromatic rings. The predicted octanol–water partition coefficient (Wildman–Crippen LogP) is 1.50. The third-order valence-electron chi connectivity index (χ3n) is 3.69. The smallest absolute Gasteiger partial charge is 0.238 e. The van der Waals surface area contributed by atoms with Crippen molar-refractivity contribution in [3.05, 3.63) is 34.9 Å². The van der Waals surface area contributed by atoms with Gasteiger partial charge in [0.2, 0.25) is 5.91 Å². The average Bonchev–Trinajstić information content (AvgIpc) is 2.80. The van der Waals surface area contributed by atoms with Gasteiger partial charge in [0.15, 0.2) is 0 Å². The summed E-state index contributed by atoms with van der Waals surface area (Å²) >= 11 is 0. The Bertz CT molecular complexity index is 531. The van der Waals surface area contributed by atoms with Crippen LogP contribution in [0.2, 0.25) is 0 Å². The molecule has 20 heavy (non-hydrogen) atoms. The first-order chi connectivity index (χ1) is 9.52. The van der Waals surface area contributed by atoms with Crippen molar-refractivity contribution < 1.29 is 9.00 Å². The van der Waals surface area contributed by atoms with E-state index in [4.69, 9.17) is 0 Å². The van der Waals surface area contributed by atoms with Crippen molar-refractivity contribution in [2.75, 3.05) is 24.6 Å². The molecule has 1 saturated heterocycles. The molecule has 4 nitrogen and oxygen atoms in total. The highest BCUT2D eigenvalue weighted by atomic mass is 32.2. The monoisotopic (exact) mass is 294 g/mol. The summed E-state index contributed by atoms with van der Waals surface area (Å²) in [5, 5.41) is 3.26. The lowest BCUT2D eigenvalue weighted by Crippen LogP contribution is -2.34. The molecule has 2 atom stereocenters. The summed E-state index contributed by atoms with van der Waals surface area (Å²) in [6.07, 6.45) is -0.0868. The standard InChI is InChI=1S/C15H22N2O2S/c1-4-20(19)8-7-17-14(18)10-16-15(17)13-9-11(2)5-6-12(13)3/h5-6,9,15-16H,4,7-8,10H2,1-3H3. The van der Waals surface area contributed by atoms with E-state index >= 15 is 0 Å². The van der Waals surface area contributed by atoms with E-state index in [9.17, 15) is 9.00 Å². The van der Waals surface area contributed by atoms with E-state index in [-0.39, 0.29) is 12.1 Å². The van der Waals surface area contributed by atoms with Crippen molar-refractivity contribution in [2.45, 2.75) is 26.9 Å². The molecule has 0 aliphatic carbocycles. The Hall–Kier alpha value is -1.20. The molecule has 0 saturated carbocycles. The number of amides is 1. The maximum absolute atomic E-state index is 12.0. The normalized spacial score (nSPS) is 20.4. The minimum Gasteiger partial charge on any atom is -0.321 e. The van der Waals surface area contributed by atoms with E-state index in [0.29, 0.717) is 24.6 Å². The van der Waals surface area contributed by atoms with Gasteiger partial charge in [0, 0.05) is 28.9 Å². The van der Waals surface area contributed by atoms with Crippen LogP contribution in [0.3, 0.4) is 0 Å². The zero-order valence-corrected chi connectivity index (χ0v) is 13.1. The number of nitrogens with one attached hydrogen (secondary N) is 1. The first kappa shape index (κ1) is 15.2. The van der Waals surface area contributed by atoms with Crippen LogP contribution in [0.15, 0.2) is 18.2 Å². The Morgan fingerprint density at radius 3 is 2.85 bits per heavy atom. The molecule has 2 unspecified atom stereocenters. The molecule has 0 bridgehead atoms. The van der Waals surface area contributed by atoms with Crippen LogP contribution in [0.4, 0.5) is 0 Å². The molecule has 0 radical (unpaired) electrons. The molecule has 1 fully saturated rings. The third-order valence-corrected chi connectivity index (χ3v) is 4.97. The number of rotatable bonds is 5. The minimum absolute atomic E-state index is 0.0868. The van der Waals surface area contributed by atoms with Crippen LogP contribution in [-0.4, -0.2) is 39.6 Å². The van der Waals surface area contributed by atoms with Gasteiger partial charge in [-0.15, -0.1) is 0 Å². The fourth-order valence-corrected chi connectivity index (χ4v) is 3.16. The Morgan fingerprint density at radius 2 is 2.15 bits per heavy atom. The fourth-order valence-electron chi connectivity index (χ4n) is 2.47. The number of hydrogen-bond donors (Lipinski definition) is 1. The molecular weight excluding hydrogens is 272 g/mol. The summed E-state index contributed by atoms with van der Waals surface area (Å²) in [6, 6.07) is 6.28. The Kier molecular flexibility index (Phi) is 4.94. The molecule has 0 aromatic heterocycles. The van der Waals surface area contributed by atoms with Gasteiger partial charge in [-0.1, -0.05) is 30.7 Å². The highest BCUT2D eigenvalue weighted by Crippen LogP contribution is 2.25. The number of carbonyl (C=O) groups excluding carboxylic acids is 1. The van der Waals surface area contributed by atoms with Crippen LogP contribution in [0.25, 0.3) is 0 Å². The quantitative estimate of drug-likeness (QED) is 0.895. The van der Waals surface area contributed by atoms with Crippen LogP contribution in [0.1, 0.15) is 29.8 Å². The SMILES string of the molecule is CCS(=O)CCN1C(=O)CNC1c1cc(C)ccc1C. The summed E-state index contributed by atoms with van der Waals surface area (Å²) in [7, 11) is -0.841. The lowest BCUT2D eigenvalue weighted by Gasteiger charge is -2.26. The van der Waals surface area contributed by atoms with Crippen molar-refractivity contribution in [1.82, 2.24) is 10.2 Å². The molecule has 2 rings (SSSR count). The minimum atomic E-state index is -0.841. The van der Waals surface area contributed by atoms with Gasteiger partial charge in [0.1, 0.15) is 6.17 Å². The Labute approximate surface area is 123 Å². The number of nitrogens with zero attached hydrogens (tertiary/aromatic N) is 1. The molecule has 1 aromatic carbocycles. The Balaban J connectivity index is 2.19. The molecule has 1 aliphatic heterocycles. The first-order valence-electron chi connectivity index (χ1n) is 6.98. The van der Waals surface area contributed by atoms with Crippen LogP contribution < -0.4 is 5.32 Å². The number of carbonyl (C=O) groups is 1. The molecule has 0 spiro atoms. The van der Waals surface area contributed by atoms with E-state index in [2.05, 4.69) is 37.4 Å². The van der Waals surface area contributed by atoms with E-state index in [0.717, 1.165) is 5.56 Å². The molecule has 1 N–H and O–H groups in total. The van der Waals surface area contributed by atoms with Crippen molar-refractivity contribution in [1.29, 1.82) is 0 Å². The van der Waals surface area contributed by atoms with Crippen molar-refractivity contribution in [3.8, 4) is 0 Å². The predicted molar refractivity (Wildman–Crippen MR) is 81.9 cm³/mol. The van der Waals surface area contributed by atoms with Crippen molar-refractivity contribution in [3.63, 3.8) is 0 Å². The topological polar surface area (TPSA) is 49.4 Å². The largest absolute Gasteiger partial charge is 0.321 e. The van der Waals surface area contributed by atoms with Gasteiger partial charge in [-0.05, 0) is 25.0 Å². The van der Waals surface area contributed by atoms with Crippen LogP contribution in [-0.2, 0) is 15.6 Å². The average molecular weight is 294 g/mol. The van der Waals surface area contributed by atoms with Gasteiger partial charge in [0.25, 0.3) is 0 Å². The molecular formula is C15H22N2O2S. The van der Waals surface area contributed by atoms with Crippen molar-refractivity contribution >= 4 is 16.7 Å². The van der Waals surface area contributed by atoms with Crippen LogP contribution in [0, 0.1) is 13.8 Å². The summed E-state index contributed by atoms with van der Waals surface area (Å²) in [4.78, 5) is 13.8. The fraction of sp³-hybridized carbons (Fsp3) is 0.533. The molecule has 1 amide bonds. The molecule has 1 aliphatic rings. The van der Waals surface area contributed by atoms with Gasteiger partial charge in [-0.2, -0.15) is 0 Å². The van der Waals surface area contributed by atoms with E-state index in [1.54, 1.807) is 0 Å². The molecule has 110 valence electrons. The summed E-state index contributed by atoms with van der Waals surface area (Å²) < 4.78 is 11.6. The second kappa shape index (κ2) is 6.50. The zero-order valence-electron chi connectivity index (χ0n) is 12.3. The van der Waals surface area contributed by atoms with Crippen molar-refractivity contribution in [2.24, 2.45) is 0 Å². The number of aryl methyl sites for hydroxylation is 2. The molecule has 5 heteroatoms. The van der Waals surface area contributed by atoms with E-state index < -0.39 is 10.8 Å². The maximum Gasteiger partial charge on any atom is 0.238 e. The second-order valence-corrected chi connectivity index (χ2v) is 7.03. The first-order valence-corrected chi connectivity index (χ1v) is 8.46. The lowest BCUT2D eigenvalue weighted by atomic mass is 10.0. The van der Waals surface area contributed by atoms with Gasteiger partial charge in [-0.25, -0.2) is 0 Å². The summed E-state index contributed by atoms with van der Waals surface area (Å²) in [5.41, 5.74) is 3.49. The van der Waals surface area contributed by atoms with Crippen LogP contribution in [0.5, 0.6) is 0 Å².